The Morgan fingerprint density at radius 3 is 2.76 bits per heavy atom. The van der Waals surface area contributed by atoms with E-state index in [9.17, 15) is 9.90 Å². The van der Waals surface area contributed by atoms with Gasteiger partial charge in [0.25, 0.3) is 0 Å². The molecular weight excluding hydrogens is 284 g/mol. The van der Waals surface area contributed by atoms with Crippen LogP contribution in [0.3, 0.4) is 0 Å². The Morgan fingerprint density at radius 2 is 2.14 bits per heavy atom. The number of likely N-dealkylation sites (tertiary alicyclic amines) is 1. The van der Waals surface area contributed by atoms with E-state index in [2.05, 4.69) is 10.2 Å². The average molecular weight is 308 g/mol. The van der Waals surface area contributed by atoms with Gasteiger partial charge in [-0.2, -0.15) is 0 Å². The van der Waals surface area contributed by atoms with Gasteiger partial charge in [0.05, 0.1) is 17.8 Å². The zero-order valence-corrected chi connectivity index (χ0v) is 13.7. The van der Waals surface area contributed by atoms with Gasteiger partial charge >= 0.3 is 0 Å². The molecule has 0 aromatic heterocycles. The van der Waals surface area contributed by atoms with Crippen LogP contribution in [0.2, 0.25) is 0 Å². The van der Waals surface area contributed by atoms with Gasteiger partial charge in [0.1, 0.15) is 0 Å². The van der Waals surface area contributed by atoms with Gasteiger partial charge in [-0.3, -0.25) is 9.69 Å². The Hall–Kier alpha value is -1.04. The van der Waals surface area contributed by atoms with Crippen LogP contribution in [0, 0.1) is 5.92 Å². The molecule has 116 valence electrons. The van der Waals surface area contributed by atoms with Gasteiger partial charge in [-0.25, -0.2) is 0 Å². The maximum Gasteiger partial charge on any atom is 0.241 e. The second-order valence-electron chi connectivity index (χ2n) is 5.65. The number of aliphatic hydroxyl groups is 1. The number of thioether (sulfide) groups is 1. The summed E-state index contributed by atoms with van der Waals surface area (Å²) in [6.45, 7) is 5.42. The van der Waals surface area contributed by atoms with E-state index < -0.39 is 0 Å². The van der Waals surface area contributed by atoms with Crippen molar-refractivity contribution in [3.05, 3.63) is 24.3 Å². The normalized spacial score (nSPS) is 22.0. The number of hydrogen-bond donors (Lipinski definition) is 2. The molecule has 0 saturated carbocycles. The van der Waals surface area contributed by atoms with Crippen molar-refractivity contribution in [2.75, 3.05) is 24.7 Å². The molecule has 0 bridgehead atoms. The van der Waals surface area contributed by atoms with Gasteiger partial charge in [0, 0.05) is 11.4 Å². The van der Waals surface area contributed by atoms with Crippen molar-refractivity contribution in [1.82, 2.24) is 4.90 Å². The van der Waals surface area contributed by atoms with Gasteiger partial charge in [-0.15, -0.1) is 11.8 Å². The van der Waals surface area contributed by atoms with Crippen molar-refractivity contribution in [2.45, 2.75) is 37.3 Å². The molecule has 2 N–H and O–H groups in total. The van der Waals surface area contributed by atoms with Crippen LogP contribution in [0.15, 0.2) is 29.2 Å². The van der Waals surface area contributed by atoms with Crippen LogP contribution >= 0.6 is 11.8 Å². The summed E-state index contributed by atoms with van der Waals surface area (Å²) in [6.07, 6.45) is 2.65. The molecule has 4 nitrogen and oxygen atoms in total. The molecule has 1 heterocycles. The molecule has 1 amide bonds. The number of anilines is 1. The Labute approximate surface area is 130 Å². The van der Waals surface area contributed by atoms with Crippen LogP contribution in [-0.4, -0.2) is 47.4 Å². The predicted octanol–water partition coefficient (Wildman–Crippen LogP) is 2.44. The van der Waals surface area contributed by atoms with Crippen LogP contribution < -0.4 is 5.32 Å². The summed E-state index contributed by atoms with van der Waals surface area (Å²) in [7, 11) is 0. The Kier molecular flexibility index (Phi) is 5.67. The van der Waals surface area contributed by atoms with Crippen molar-refractivity contribution in [3.63, 3.8) is 0 Å². The van der Waals surface area contributed by atoms with Crippen LogP contribution in [0.4, 0.5) is 5.69 Å². The molecule has 5 heteroatoms. The lowest BCUT2D eigenvalue weighted by Gasteiger charge is -2.24. The number of nitrogens with zero attached hydrogens (tertiary/aromatic N) is 1. The van der Waals surface area contributed by atoms with Crippen LogP contribution in [-0.2, 0) is 4.79 Å². The number of para-hydroxylation sites is 1. The second kappa shape index (κ2) is 7.29. The molecule has 1 aromatic carbocycles. The van der Waals surface area contributed by atoms with Crippen LogP contribution in [0.25, 0.3) is 0 Å². The lowest BCUT2D eigenvalue weighted by Crippen LogP contribution is -2.41. The first-order valence-electron chi connectivity index (χ1n) is 7.39. The van der Waals surface area contributed by atoms with E-state index in [1.165, 1.54) is 0 Å². The summed E-state index contributed by atoms with van der Waals surface area (Å²) in [4.78, 5) is 15.6. The van der Waals surface area contributed by atoms with E-state index in [1.54, 1.807) is 11.8 Å². The van der Waals surface area contributed by atoms with Crippen molar-refractivity contribution < 1.29 is 9.90 Å². The number of carbonyl (C=O) groups excluding carboxylic acids is 1. The molecule has 1 saturated heterocycles. The van der Waals surface area contributed by atoms with E-state index in [-0.39, 0.29) is 24.0 Å². The summed E-state index contributed by atoms with van der Waals surface area (Å²) in [5.41, 5.74) is 0.869. The number of amides is 1. The molecule has 2 rings (SSSR count). The maximum absolute atomic E-state index is 12.4. The summed E-state index contributed by atoms with van der Waals surface area (Å²) < 4.78 is 0. The maximum atomic E-state index is 12.4. The highest BCUT2D eigenvalue weighted by Gasteiger charge is 2.31. The molecule has 1 fully saturated rings. The molecule has 0 spiro atoms. The van der Waals surface area contributed by atoms with Crippen molar-refractivity contribution in [3.8, 4) is 0 Å². The minimum Gasteiger partial charge on any atom is -0.393 e. The third-order valence-corrected chi connectivity index (χ3v) is 5.03. The van der Waals surface area contributed by atoms with Crippen LogP contribution in [0.5, 0.6) is 0 Å². The van der Waals surface area contributed by atoms with Gasteiger partial charge < -0.3 is 10.4 Å². The number of hydrogen-bond acceptors (Lipinski definition) is 4. The molecule has 1 aromatic rings. The largest absolute Gasteiger partial charge is 0.393 e. The number of rotatable bonds is 5. The Morgan fingerprint density at radius 1 is 1.43 bits per heavy atom. The highest BCUT2D eigenvalue weighted by atomic mass is 32.2. The topological polar surface area (TPSA) is 52.6 Å². The standard InChI is InChI=1S/C16H24N2O2S/c1-11(18-9-8-13(10-18)12(2)19)16(20)17-14-6-4-5-7-15(14)21-3/h4-7,11-13,19H,8-10H2,1-3H3,(H,17,20). The Balaban J connectivity index is 1.97. The van der Waals surface area contributed by atoms with E-state index in [4.69, 9.17) is 0 Å². The third-order valence-electron chi connectivity index (χ3n) is 4.23. The minimum absolute atomic E-state index is 0.0164. The fraction of sp³-hybridized carbons (Fsp3) is 0.562. The molecule has 21 heavy (non-hydrogen) atoms. The zero-order valence-electron chi connectivity index (χ0n) is 12.9. The highest BCUT2D eigenvalue weighted by molar-refractivity contribution is 7.98. The lowest BCUT2D eigenvalue weighted by atomic mass is 10.0. The van der Waals surface area contributed by atoms with Gasteiger partial charge in [-0.1, -0.05) is 12.1 Å². The number of nitrogens with one attached hydrogen (secondary N) is 1. The van der Waals surface area contributed by atoms with Gasteiger partial charge in [0.2, 0.25) is 5.91 Å². The summed E-state index contributed by atoms with van der Waals surface area (Å²) in [5, 5.41) is 12.7. The Bertz CT molecular complexity index is 493. The lowest BCUT2D eigenvalue weighted by molar-refractivity contribution is -0.120. The SMILES string of the molecule is CSc1ccccc1NC(=O)C(C)N1CCC(C(C)O)C1. The first-order chi connectivity index (χ1) is 10.0. The zero-order chi connectivity index (χ0) is 15.4. The predicted molar refractivity (Wildman–Crippen MR) is 87.7 cm³/mol. The van der Waals surface area contributed by atoms with Crippen LogP contribution in [0.1, 0.15) is 20.3 Å². The summed E-state index contributed by atoms with van der Waals surface area (Å²) in [6, 6.07) is 7.66. The third kappa shape index (κ3) is 3.99. The first kappa shape index (κ1) is 16.3. The molecule has 3 unspecified atom stereocenters. The number of benzene rings is 1. The van der Waals surface area contributed by atoms with Gasteiger partial charge in [-0.05, 0) is 51.1 Å². The number of carbonyl (C=O) groups is 1. The summed E-state index contributed by atoms with van der Waals surface area (Å²) in [5.74, 6) is 0.293. The molecule has 1 aliphatic rings. The smallest absolute Gasteiger partial charge is 0.241 e. The quantitative estimate of drug-likeness (QED) is 0.820. The highest BCUT2D eigenvalue weighted by Crippen LogP contribution is 2.26. The first-order valence-corrected chi connectivity index (χ1v) is 8.61. The molecule has 0 aliphatic carbocycles. The fourth-order valence-corrected chi connectivity index (χ4v) is 3.27. The molecular formula is C16H24N2O2S. The molecule has 0 radical (unpaired) electrons. The summed E-state index contributed by atoms with van der Waals surface area (Å²) >= 11 is 1.62. The van der Waals surface area contributed by atoms with E-state index in [0.717, 1.165) is 30.1 Å². The monoisotopic (exact) mass is 308 g/mol. The van der Waals surface area contributed by atoms with E-state index >= 15 is 0 Å². The second-order valence-corrected chi connectivity index (χ2v) is 6.50. The fourth-order valence-electron chi connectivity index (χ4n) is 2.71. The van der Waals surface area contributed by atoms with Gasteiger partial charge in [0.15, 0.2) is 0 Å². The van der Waals surface area contributed by atoms with Crippen molar-refractivity contribution in [1.29, 1.82) is 0 Å². The molecule has 3 atom stereocenters. The minimum atomic E-state index is -0.303. The van der Waals surface area contributed by atoms with Crippen molar-refractivity contribution >= 4 is 23.4 Å². The van der Waals surface area contributed by atoms with E-state index in [0.29, 0.717) is 0 Å². The molecule has 1 aliphatic heterocycles. The average Bonchev–Trinajstić information content (AvgIpc) is 2.97. The van der Waals surface area contributed by atoms with Crippen molar-refractivity contribution in [2.24, 2.45) is 5.92 Å². The van der Waals surface area contributed by atoms with E-state index in [1.807, 2.05) is 44.4 Å². The number of aliphatic hydroxyl groups excluding tert-OH is 1.